The molecule has 0 spiro atoms. The molecule has 0 radical (unpaired) electrons. The number of aliphatic hydroxyl groups is 1. The van der Waals surface area contributed by atoms with E-state index in [0.717, 1.165) is 43.4 Å². The fourth-order valence-electron chi connectivity index (χ4n) is 2.14. The number of aliphatic hydroxyl groups excluding tert-OH is 1. The first-order valence-electron chi connectivity index (χ1n) is 6.64. The first-order valence-corrected chi connectivity index (χ1v) is 6.64. The molecule has 1 aliphatic rings. The monoisotopic (exact) mass is 237 g/mol. The van der Waals surface area contributed by atoms with Crippen molar-refractivity contribution in [3.8, 4) is 0 Å². The summed E-state index contributed by atoms with van der Waals surface area (Å²) in [5.74, 6) is 3.64. The minimum absolute atomic E-state index is 0.191. The van der Waals surface area contributed by atoms with E-state index in [0.29, 0.717) is 5.92 Å². The van der Waals surface area contributed by atoms with Gasteiger partial charge in [0.25, 0.3) is 0 Å². The van der Waals surface area contributed by atoms with Crippen molar-refractivity contribution in [3.63, 3.8) is 0 Å². The van der Waals surface area contributed by atoms with Gasteiger partial charge in [-0.15, -0.1) is 0 Å². The second-order valence-corrected chi connectivity index (χ2v) is 5.29. The van der Waals surface area contributed by atoms with Crippen molar-refractivity contribution in [2.75, 3.05) is 6.54 Å². The maximum Gasteiger partial charge on any atom is 0.117 e. The molecule has 3 heteroatoms. The van der Waals surface area contributed by atoms with E-state index in [4.69, 9.17) is 9.52 Å². The van der Waals surface area contributed by atoms with Crippen LogP contribution in [0.2, 0.25) is 0 Å². The largest absolute Gasteiger partial charge is 0.464 e. The summed E-state index contributed by atoms with van der Waals surface area (Å²) < 4.78 is 5.79. The maximum atomic E-state index is 9.12. The summed E-state index contributed by atoms with van der Waals surface area (Å²) in [6, 6.07) is 4.18. The lowest BCUT2D eigenvalue weighted by Crippen LogP contribution is -2.15. The molecule has 96 valence electrons. The van der Waals surface area contributed by atoms with Gasteiger partial charge in [0.1, 0.15) is 11.5 Å². The van der Waals surface area contributed by atoms with Crippen molar-refractivity contribution in [1.82, 2.24) is 5.32 Å². The Morgan fingerprint density at radius 1 is 1.53 bits per heavy atom. The average molecular weight is 237 g/mol. The Morgan fingerprint density at radius 3 is 2.94 bits per heavy atom. The van der Waals surface area contributed by atoms with Crippen LogP contribution in [-0.2, 0) is 6.54 Å². The van der Waals surface area contributed by atoms with Gasteiger partial charge in [-0.2, -0.15) is 0 Å². The first-order chi connectivity index (χ1) is 8.16. The molecule has 2 rings (SSSR count). The molecule has 3 atom stereocenters. The van der Waals surface area contributed by atoms with Gasteiger partial charge in [0.05, 0.1) is 12.6 Å². The van der Waals surface area contributed by atoms with E-state index in [1.165, 1.54) is 6.42 Å². The molecule has 17 heavy (non-hydrogen) atoms. The van der Waals surface area contributed by atoms with Gasteiger partial charge in [-0.3, -0.25) is 0 Å². The standard InChI is InChI=1S/C14H23NO2/c1-10-8-13(10)14-6-5-12(17-14)9-15-7-3-4-11(2)16/h5-6,10-11,13,15-16H,3-4,7-9H2,1-2H3. The zero-order valence-electron chi connectivity index (χ0n) is 10.8. The highest BCUT2D eigenvalue weighted by Gasteiger charge is 2.36. The topological polar surface area (TPSA) is 45.4 Å². The lowest BCUT2D eigenvalue weighted by molar-refractivity contribution is 0.181. The zero-order valence-corrected chi connectivity index (χ0v) is 10.8. The molecule has 1 aliphatic carbocycles. The SMILES string of the molecule is CC(O)CCCNCc1ccc(C2CC2C)o1. The number of hydrogen-bond donors (Lipinski definition) is 2. The normalized spacial score (nSPS) is 24.9. The molecule has 2 N–H and O–H groups in total. The molecule has 0 amide bonds. The highest BCUT2D eigenvalue weighted by atomic mass is 16.3. The second kappa shape index (κ2) is 5.69. The van der Waals surface area contributed by atoms with Crippen LogP contribution in [0.5, 0.6) is 0 Å². The van der Waals surface area contributed by atoms with Crippen molar-refractivity contribution in [3.05, 3.63) is 23.7 Å². The molecule has 0 saturated heterocycles. The Morgan fingerprint density at radius 2 is 2.29 bits per heavy atom. The highest BCUT2D eigenvalue weighted by Crippen LogP contribution is 2.47. The maximum absolute atomic E-state index is 9.12. The Hall–Kier alpha value is -0.800. The highest BCUT2D eigenvalue weighted by molar-refractivity contribution is 5.17. The van der Waals surface area contributed by atoms with E-state index in [1.807, 2.05) is 6.92 Å². The van der Waals surface area contributed by atoms with Crippen molar-refractivity contribution in [1.29, 1.82) is 0 Å². The summed E-state index contributed by atoms with van der Waals surface area (Å²) in [7, 11) is 0. The lowest BCUT2D eigenvalue weighted by atomic mass is 10.2. The van der Waals surface area contributed by atoms with E-state index in [9.17, 15) is 0 Å². The van der Waals surface area contributed by atoms with Crippen LogP contribution in [0.25, 0.3) is 0 Å². The summed E-state index contributed by atoms with van der Waals surface area (Å²) in [6.07, 6.45) is 2.94. The van der Waals surface area contributed by atoms with E-state index in [-0.39, 0.29) is 6.10 Å². The minimum Gasteiger partial charge on any atom is -0.464 e. The quantitative estimate of drug-likeness (QED) is 0.717. The van der Waals surface area contributed by atoms with Gasteiger partial charge >= 0.3 is 0 Å². The van der Waals surface area contributed by atoms with E-state index in [1.54, 1.807) is 0 Å². The summed E-state index contributed by atoms with van der Waals surface area (Å²) in [5, 5.41) is 12.5. The fraction of sp³-hybridized carbons (Fsp3) is 0.714. The van der Waals surface area contributed by atoms with Gasteiger partial charge in [0.2, 0.25) is 0 Å². The molecule has 1 aromatic rings. The van der Waals surface area contributed by atoms with E-state index < -0.39 is 0 Å². The third kappa shape index (κ3) is 3.86. The molecule has 1 aromatic heterocycles. The number of nitrogens with one attached hydrogen (secondary N) is 1. The van der Waals surface area contributed by atoms with Crippen LogP contribution in [0.3, 0.4) is 0 Å². The van der Waals surface area contributed by atoms with Gasteiger partial charge in [0.15, 0.2) is 0 Å². The van der Waals surface area contributed by atoms with Crippen molar-refractivity contribution in [2.45, 2.75) is 51.7 Å². The lowest BCUT2D eigenvalue weighted by Gasteiger charge is -2.04. The molecule has 0 aliphatic heterocycles. The van der Waals surface area contributed by atoms with Crippen molar-refractivity contribution >= 4 is 0 Å². The van der Waals surface area contributed by atoms with Crippen LogP contribution < -0.4 is 5.32 Å². The molecule has 0 aromatic carbocycles. The molecular formula is C14H23NO2. The molecular weight excluding hydrogens is 214 g/mol. The first kappa shape index (κ1) is 12.7. The summed E-state index contributed by atoms with van der Waals surface area (Å²) in [4.78, 5) is 0. The third-order valence-corrected chi connectivity index (χ3v) is 3.43. The number of furan rings is 1. The third-order valence-electron chi connectivity index (χ3n) is 3.43. The van der Waals surface area contributed by atoms with Crippen LogP contribution in [0.15, 0.2) is 16.5 Å². The van der Waals surface area contributed by atoms with Gasteiger partial charge in [-0.25, -0.2) is 0 Å². The minimum atomic E-state index is -0.191. The molecule has 1 fully saturated rings. The van der Waals surface area contributed by atoms with E-state index in [2.05, 4.69) is 24.4 Å². The Labute approximate surface area is 103 Å². The van der Waals surface area contributed by atoms with Crippen LogP contribution in [-0.4, -0.2) is 17.8 Å². The zero-order chi connectivity index (χ0) is 12.3. The van der Waals surface area contributed by atoms with E-state index >= 15 is 0 Å². The number of hydrogen-bond acceptors (Lipinski definition) is 3. The van der Waals surface area contributed by atoms with Crippen LogP contribution in [0.4, 0.5) is 0 Å². The second-order valence-electron chi connectivity index (χ2n) is 5.29. The Bertz CT molecular complexity index is 346. The smallest absolute Gasteiger partial charge is 0.117 e. The Balaban J connectivity index is 1.64. The van der Waals surface area contributed by atoms with Gasteiger partial charge < -0.3 is 14.8 Å². The predicted molar refractivity (Wildman–Crippen MR) is 67.9 cm³/mol. The molecule has 3 unspecified atom stereocenters. The Kier molecular flexibility index (Phi) is 4.24. The summed E-state index contributed by atoms with van der Waals surface area (Å²) >= 11 is 0. The predicted octanol–water partition coefficient (Wildman–Crippen LogP) is 2.65. The van der Waals surface area contributed by atoms with Crippen LogP contribution >= 0.6 is 0 Å². The summed E-state index contributed by atoms with van der Waals surface area (Å²) in [6.45, 7) is 5.82. The molecule has 3 nitrogen and oxygen atoms in total. The van der Waals surface area contributed by atoms with Crippen molar-refractivity contribution in [2.24, 2.45) is 5.92 Å². The van der Waals surface area contributed by atoms with Gasteiger partial charge in [0, 0.05) is 5.92 Å². The van der Waals surface area contributed by atoms with Crippen LogP contribution in [0.1, 0.15) is 50.5 Å². The number of rotatable bonds is 7. The van der Waals surface area contributed by atoms with Crippen LogP contribution in [0, 0.1) is 5.92 Å². The fourth-order valence-corrected chi connectivity index (χ4v) is 2.14. The van der Waals surface area contributed by atoms with Gasteiger partial charge in [-0.05, 0) is 50.8 Å². The molecule has 0 bridgehead atoms. The van der Waals surface area contributed by atoms with Gasteiger partial charge in [-0.1, -0.05) is 6.92 Å². The van der Waals surface area contributed by atoms with Crippen molar-refractivity contribution < 1.29 is 9.52 Å². The molecule has 1 heterocycles. The summed E-state index contributed by atoms with van der Waals surface area (Å²) in [5.41, 5.74) is 0. The molecule has 1 saturated carbocycles. The average Bonchev–Trinajstić information content (AvgIpc) is 2.83.